The summed E-state index contributed by atoms with van der Waals surface area (Å²) in [6.07, 6.45) is 0.791. The van der Waals surface area contributed by atoms with Crippen molar-refractivity contribution in [2.45, 2.75) is 6.42 Å². The van der Waals surface area contributed by atoms with Gasteiger partial charge in [-0.2, -0.15) is 0 Å². The molecule has 2 aromatic carbocycles. The zero-order valence-electron chi connectivity index (χ0n) is 10.3. The van der Waals surface area contributed by atoms with Gasteiger partial charge in [0.15, 0.2) is 0 Å². The lowest BCUT2D eigenvalue weighted by molar-refractivity contribution is 0.0696. The standard InChI is InChI=1S/C15H14FNO2/c16-13-8-12(15(18)19)9-14(10-13)17-7-6-11-4-2-1-3-5-11/h1-5,8-10,17H,6-7H2,(H,18,19). The summed E-state index contributed by atoms with van der Waals surface area (Å²) < 4.78 is 13.2. The topological polar surface area (TPSA) is 49.3 Å². The van der Waals surface area contributed by atoms with Crippen LogP contribution in [0, 0.1) is 5.82 Å². The quantitative estimate of drug-likeness (QED) is 0.867. The summed E-state index contributed by atoms with van der Waals surface area (Å²) in [5.74, 6) is -1.69. The predicted molar refractivity (Wildman–Crippen MR) is 72.0 cm³/mol. The van der Waals surface area contributed by atoms with E-state index < -0.39 is 11.8 Å². The first-order valence-electron chi connectivity index (χ1n) is 5.97. The molecule has 0 fully saturated rings. The van der Waals surface area contributed by atoms with E-state index in [0.717, 1.165) is 12.5 Å². The zero-order valence-corrected chi connectivity index (χ0v) is 10.3. The summed E-state index contributed by atoms with van der Waals surface area (Å²) >= 11 is 0. The molecule has 0 saturated carbocycles. The van der Waals surface area contributed by atoms with Gasteiger partial charge in [0.2, 0.25) is 0 Å². The Morgan fingerprint density at radius 2 is 1.89 bits per heavy atom. The number of aromatic carboxylic acids is 1. The van der Waals surface area contributed by atoms with Gasteiger partial charge in [-0.25, -0.2) is 9.18 Å². The molecule has 19 heavy (non-hydrogen) atoms. The molecule has 2 N–H and O–H groups in total. The summed E-state index contributed by atoms with van der Waals surface area (Å²) in [7, 11) is 0. The van der Waals surface area contributed by atoms with Crippen molar-refractivity contribution in [3.05, 3.63) is 65.5 Å². The van der Waals surface area contributed by atoms with Crippen LogP contribution < -0.4 is 5.32 Å². The fraction of sp³-hybridized carbons (Fsp3) is 0.133. The molecule has 0 aromatic heterocycles. The molecule has 0 aliphatic rings. The average Bonchev–Trinajstić information content (AvgIpc) is 2.39. The van der Waals surface area contributed by atoms with Crippen molar-refractivity contribution in [2.24, 2.45) is 0 Å². The Morgan fingerprint density at radius 3 is 2.58 bits per heavy atom. The van der Waals surface area contributed by atoms with E-state index in [2.05, 4.69) is 5.32 Å². The number of benzene rings is 2. The van der Waals surface area contributed by atoms with Gasteiger partial charge in [0, 0.05) is 12.2 Å². The number of carboxylic acids is 1. The minimum Gasteiger partial charge on any atom is -0.478 e. The van der Waals surface area contributed by atoms with Gasteiger partial charge < -0.3 is 10.4 Å². The Balaban J connectivity index is 1.98. The Labute approximate surface area is 110 Å². The number of carbonyl (C=O) groups is 1. The van der Waals surface area contributed by atoms with E-state index in [9.17, 15) is 9.18 Å². The fourth-order valence-electron chi connectivity index (χ4n) is 1.81. The maximum absolute atomic E-state index is 13.2. The highest BCUT2D eigenvalue weighted by Crippen LogP contribution is 2.14. The largest absolute Gasteiger partial charge is 0.478 e. The second-order valence-electron chi connectivity index (χ2n) is 4.20. The Morgan fingerprint density at radius 1 is 1.16 bits per heavy atom. The van der Waals surface area contributed by atoms with Crippen LogP contribution in [-0.4, -0.2) is 17.6 Å². The molecular formula is C15H14FNO2. The second kappa shape index (κ2) is 6.00. The van der Waals surface area contributed by atoms with E-state index in [4.69, 9.17) is 5.11 Å². The molecule has 4 heteroatoms. The van der Waals surface area contributed by atoms with Crippen LogP contribution in [-0.2, 0) is 6.42 Å². The molecule has 98 valence electrons. The Bertz CT molecular complexity index is 570. The van der Waals surface area contributed by atoms with E-state index in [-0.39, 0.29) is 5.56 Å². The third kappa shape index (κ3) is 3.81. The van der Waals surface area contributed by atoms with Crippen molar-refractivity contribution in [1.29, 1.82) is 0 Å². The van der Waals surface area contributed by atoms with E-state index in [0.29, 0.717) is 12.2 Å². The normalized spacial score (nSPS) is 10.2. The van der Waals surface area contributed by atoms with Crippen molar-refractivity contribution in [3.8, 4) is 0 Å². The SMILES string of the molecule is O=C(O)c1cc(F)cc(NCCc2ccccc2)c1. The maximum atomic E-state index is 13.2. The minimum atomic E-state index is -1.13. The summed E-state index contributed by atoms with van der Waals surface area (Å²) in [5.41, 5.74) is 1.60. The first-order chi connectivity index (χ1) is 9.15. The highest BCUT2D eigenvalue weighted by Gasteiger charge is 2.06. The molecule has 2 aromatic rings. The van der Waals surface area contributed by atoms with Crippen molar-refractivity contribution in [3.63, 3.8) is 0 Å². The van der Waals surface area contributed by atoms with Crippen LogP contribution in [0.2, 0.25) is 0 Å². The number of rotatable bonds is 5. The number of nitrogens with one attached hydrogen (secondary N) is 1. The molecule has 0 radical (unpaired) electrons. The van der Waals surface area contributed by atoms with Gasteiger partial charge in [0.25, 0.3) is 0 Å². The third-order valence-electron chi connectivity index (χ3n) is 2.73. The molecule has 0 saturated heterocycles. The third-order valence-corrected chi connectivity index (χ3v) is 2.73. The summed E-state index contributed by atoms with van der Waals surface area (Å²) in [4.78, 5) is 10.8. The molecule has 0 unspecified atom stereocenters. The monoisotopic (exact) mass is 259 g/mol. The maximum Gasteiger partial charge on any atom is 0.335 e. The van der Waals surface area contributed by atoms with Crippen molar-refractivity contribution in [2.75, 3.05) is 11.9 Å². The van der Waals surface area contributed by atoms with Crippen molar-refractivity contribution >= 4 is 11.7 Å². The fourth-order valence-corrected chi connectivity index (χ4v) is 1.81. The van der Waals surface area contributed by atoms with Gasteiger partial charge in [-0.05, 0) is 30.2 Å². The lowest BCUT2D eigenvalue weighted by atomic mass is 10.1. The van der Waals surface area contributed by atoms with Gasteiger partial charge in [-0.3, -0.25) is 0 Å². The Kier molecular flexibility index (Phi) is 4.13. The van der Waals surface area contributed by atoms with Crippen LogP contribution in [0.5, 0.6) is 0 Å². The van der Waals surface area contributed by atoms with E-state index in [1.54, 1.807) is 0 Å². The van der Waals surface area contributed by atoms with Crippen molar-refractivity contribution < 1.29 is 14.3 Å². The lowest BCUT2D eigenvalue weighted by Gasteiger charge is -2.07. The predicted octanol–water partition coefficient (Wildman–Crippen LogP) is 3.18. The Hall–Kier alpha value is -2.36. The van der Waals surface area contributed by atoms with Gasteiger partial charge in [-0.1, -0.05) is 30.3 Å². The van der Waals surface area contributed by atoms with Crippen LogP contribution in [0.3, 0.4) is 0 Å². The smallest absolute Gasteiger partial charge is 0.335 e. The molecule has 0 atom stereocenters. The molecule has 3 nitrogen and oxygen atoms in total. The number of halogens is 1. The average molecular weight is 259 g/mol. The molecule has 0 spiro atoms. The van der Waals surface area contributed by atoms with Crippen LogP contribution >= 0.6 is 0 Å². The lowest BCUT2D eigenvalue weighted by Crippen LogP contribution is -2.06. The molecular weight excluding hydrogens is 245 g/mol. The molecule has 0 heterocycles. The molecule has 0 aliphatic carbocycles. The first-order valence-corrected chi connectivity index (χ1v) is 5.97. The van der Waals surface area contributed by atoms with Crippen LogP contribution in [0.1, 0.15) is 15.9 Å². The molecule has 0 aliphatic heterocycles. The van der Waals surface area contributed by atoms with E-state index in [1.165, 1.54) is 17.7 Å². The van der Waals surface area contributed by atoms with E-state index >= 15 is 0 Å². The van der Waals surface area contributed by atoms with Gasteiger partial charge in [0.05, 0.1) is 5.56 Å². The van der Waals surface area contributed by atoms with Gasteiger partial charge in [-0.15, -0.1) is 0 Å². The highest BCUT2D eigenvalue weighted by molar-refractivity contribution is 5.88. The van der Waals surface area contributed by atoms with Crippen LogP contribution in [0.4, 0.5) is 10.1 Å². The van der Waals surface area contributed by atoms with Gasteiger partial charge >= 0.3 is 5.97 Å². The van der Waals surface area contributed by atoms with Crippen molar-refractivity contribution in [1.82, 2.24) is 0 Å². The minimum absolute atomic E-state index is 0.0535. The first kappa shape index (κ1) is 13.1. The summed E-state index contributed by atoms with van der Waals surface area (Å²) in [5, 5.41) is 11.9. The number of hydrogen-bond acceptors (Lipinski definition) is 2. The highest BCUT2D eigenvalue weighted by atomic mass is 19.1. The summed E-state index contributed by atoms with van der Waals surface area (Å²) in [6, 6.07) is 13.6. The van der Waals surface area contributed by atoms with Gasteiger partial charge in [0.1, 0.15) is 5.82 Å². The zero-order chi connectivity index (χ0) is 13.7. The van der Waals surface area contributed by atoms with E-state index in [1.807, 2.05) is 30.3 Å². The summed E-state index contributed by atoms with van der Waals surface area (Å²) in [6.45, 7) is 0.618. The number of hydrogen-bond donors (Lipinski definition) is 2. The molecule has 0 bridgehead atoms. The van der Waals surface area contributed by atoms with Crippen LogP contribution in [0.15, 0.2) is 48.5 Å². The number of anilines is 1. The van der Waals surface area contributed by atoms with Crippen LogP contribution in [0.25, 0.3) is 0 Å². The second-order valence-corrected chi connectivity index (χ2v) is 4.20. The molecule has 2 rings (SSSR count). The molecule has 0 amide bonds. The number of carboxylic acid groups (broad SMARTS) is 1.